The van der Waals surface area contributed by atoms with Crippen LogP contribution in [0.3, 0.4) is 0 Å². The second-order valence-electron chi connectivity index (χ2n) is 7.36. The van der Waals surface area contributed by atoms with Crippen molar-refractivity contribution in [1.82, 2.24) is 24.6 Å². The summed E-state index contributed by atoms with van der Waals surface area (Å²) in [6.07, 6.45) is 2.18. The molecule has 168 valence electrons. The van der Waals surface area contributed by atoms with E-state index in [1.54, 1.807) is 12.1 Å². The minimum atomic E-state index is -0.770. The van der Waals surface area contributed by atoms with Crippen LogP contribution in [0.2, 0.25) is 0 Å². The average Bonchev–Trinajstić information content (AvgIpc) is 2.84. The molecule has 0 saturated heterocycles. The van der Waals surface area contributed by atoms with E-state index in [4.69, 9.17) is 4.74 Å². The molecule has 9 nitrogen and oxygen atoms in total. The van der Waals surface area contributed by atoms with E-state index in [0.717, 1.165) is 4.57 Å². The lowest BCUT2D eigenvalue weighted by atomic mass is 10.1. The maximum atomic E-state index is 13.6. The van der Waals surface area contributed by atoms with Crippen molar-refractivity contribution in [2.24, 2.45) is 7.05 Å². The van der Waals surface area contributed by atoms with Crippen LogP contribution in [-0.4, -0.2) is 32.3 Å². The summed E-state index contributed by atoms with van der Waals surface area (Å²) in [6, 6.07) is 11.8. The van der Waals surface area contributed by atoms with E-state index in [0.29, 0.717) is 16.6 Å². The molecular weight excluding hydrogens is 429 g/mol. The van der Waals surface area contributed by atoms with Gasteiger partial charge in [0.15, 0.2) is 6.23 Å². The smallest absolute Gasteiger partial charge is 0.331 e. The third-order valence-corrected chi connectivity index (χ3v) is 5.25. The topological polar surface area (TPSA) is 108 Å². The van der Waals surface area contributed by atoms with Gasteiger partial charge in [-0.1, -0.05) is 12.1 Å². The van der Waals surface area contributed by atoms with Crippen LogP contribution in [-0.2, 0) is 18.3 Å². The highest BCUT2D eigenvalue weighted by Gasteiger charge is 2.18. The predicted molar refractivity (Wildman–Crippen MR) is 118 cm³/mol. The average molecular weight is 449 g/mol. The molecule has 2 aromatic heterocycles. The fraction of sp³-hybridized carbons (Fsp3) is 0.174. The lowest BCUT2D eigenvalue weighted by Gasteiger charge is -2.17. The molecule has 2 heterocycles. The van der Waals surface area contributed by atoms with Crippen molar-refractivity contribution >= 4 is 16.8 Å². The summed E-state index contributed by atoms with van der Waals surface area (Å²) >= 11 is 0. The number of carbonyl (C=O) groups excluding carboxylic acids is 1. The Morgan fingerprint density at radius 1 is 1.15 bits per heavy atom. The first kappa shape index (κ1) is 22.0. The van der Waals surface area contributed by atoms with Crippen LogP contribution in [0.5, 0.6) is 0 Å². The van der Waals surface area contributed by atoms with Crippen LogP contribution in [0, 0.1) is 5.82 Å². The molecule has 10 heteroatoms. The summed E-state index contributed by atoms with van der Waals surface area (Å²) in [6.45, 7) is -0.101. The molecule has 1 N–H and O–H groups in total. The van der Waals surface area contributed by atoms with Crippen molar-refractivity contribution in [3.05, 3.63) is 104 Å². The number of nitrogens with zero attached hydrogens (tertiary/aromatic N) is 4. The lowest BCUT2D eigenvalue weighted by Crippen LogP contribution is -2.39. The Morgan fingerprint density at radius 2 is 1.97 bits per heavy atom. The quantitative estimate of drug-likeness (QED) is 0.450. The number of hydrogen-bond acceptors (Lipinski definition) is 6. The number of aryl methyl sites for hydroxylation is 1. The third kappa shape index (κ3) is 4.41. The summed E-state index contributed by atoms with van der Waals surface area (Å²) in [5.41, 5.74) is 0.531. The van der Waals surface area contributed by atoms with Gasteiger partial charge in [0.2, 0.25) is 0 Å². The van der Waals surface area contributed by atoms with Gasteiger partial charge < -0.3 is 10.1 Å². The Labute approximate surface area is 187 Å². The highest BCUT2D eigenvalue weighted by molar-refractivity contribution is 5.98. The number of ether oxygens (including phenoxy) is 1. The first-order chi connectivity index (χ1) is 15.9. The maximum absolute atomic E-state index is 13.6. The minimum absolute atomic E-state index is 0.101. The Balaban J connectivity index is 1.72. The van der Waals surface area contributed by atoms with Gasteiger partial charge in [-0.25, -0.2) is 9.18 Å². The molecule has 33 heavy (non-hydrogen) atoms. The summed E-state index contributed by atoms with van der Waals surface area (Å²) in [7, 11) is 2.97. The zero-order chi connectivity index (χ0) is 23.5. The Morgan fingerprint density at radius 3 is 2.67 bits per heavy atom. The SMILES string of the molecule is COC(NC(=O)c1ccc2c(c1)c(=O)n(Cc1cccc(F)c1)c(=O)n2C)c1ccnnc1. The zero-order valence-corrected chi connectivity index (χ0v) is 17.9. The maximum Gasteiger partial charge on any atom is 0.331 e. The Hall–Kier alpha value is -4.18. The number of methoxy groups -OCH3 is 1. The van der Waals surface area contributed by atoms with Crippen LogP contribution < -0.4 is 16.6 Å². The summed E-state index contributed by atoms with van der Waals surface area (Å²) in [5.74, 6) is -0.945. The molecule has 0 radical (unpaired) electrons. The van der Waals surface area contributed by atoms with E-state index in [2.05, 4.69) is 15.5 Å². The number of carbonyl (C=O) groups is 1. The Kier molecular flexibility index (Phi) is 6.09. The molecule has 0 spiro atoms. The van der Waals surface area contributed by atoms with Crippen molar-refractivity contribution in [3.63, 3.8) is 0 Å². The number of rotatable bonds is 6. The van der Waals surface area contributed by atoms with Crippen molar-refractivity contribution in [2.45, 2.75) is 12.8 Å². The van der Waals surface area contributed by atoms with E-state index in [1.807, 2.05) is 0 Å². The second-order valence-corrected chi connectivity index (χ2v) is 7.36. The van der Waals surface area contributed by atoms with E-state index in [1.165, 1.54) is 67.5 Å². The minimum Gasteiger partial charge on any atom is -0.357 e. The molecule has 1 unspecified atom stereocenters. The standard InChI is InChI=1S/C23H20FN5O4/c1-28-19-7-6-15(20(30)27-21(33-2)16-8-9-25-26-12-16)11-18(19)22(31)29(23(28)32)13-14-4-3-5-17(24)10-14/h3-12,21H,13H2,1-2H3,(H,27,30). The molecular formula is C23H20FN5O4. The molecule has 0 aliphatic heterocycles. The van der Waals surface area contributed by atoms with Gasteiger partial charge in [0.1, 0.15) is 5.82 Å². The number of benzene rings is 2. The first-order valence-electron chi connectivity index (χ1n) is 9.97. The largest absolute Gasteiger partial charge is 0.357 e. The highest BCUT2D eigenvalue weighted by atomic mass is 19.1. The molecule has 4 aromatic rings. The number of hydrogen-bond donors (Lipinski definition) is 1. The van der Waals surface area contributed by atoms with Gasteiger partial charge >= 0.3 is 5.69 Å². The van der Waals surface area contributed by atoms with Crippen LogP contribution in [0.4, 0.5) is 4.39 Å². The predicted octanol–water partition coefficient (Wildman–Crippen LogP) is 1.75. The molecule has 0 fully saturated rings. The molecule has 1 atom stereocenters. The fourth-order valence-corrected chi connectivity index (χ4v) is 3.55. The zero-order valence-electron chi connectivity index (χ0n) is 17.9. The number of nitrogens with one attached hydrogen (secondary N) is 1. The summed E-state index contributed by atoms with van der Waals surface area (Å²) < 4.78 is 21.2. The fourth-order valence-electron chi connectivity index (χ4n) is 3.55. The van der Waals surface area contributed by atoms with Gasteiger partial charge in [-0.05, 0) is 42.0 Å². The van der Waals surface area contributed by atoms with Crippen molar-refractivity contribution in [2.75, 3.05) is 7.11 Å². The third-order valence-electron chi connectivity index (χ3n) is 5.25. The van der Waals surface area contributed by atoms with Gasteiger partial charge in [-0.2, -0.15) is 10.2 Å². The Bertz CT molecular complexity index is 1450. The van der Waals surface area contributed by atoms with E-state index in [-0.39, 0.29) is 17.5 Å². The molecule has 4 rings (SSSR count). The van der Waals surface area contributed by atoms with Crippen LogP contribution in [0.1, 0.15) is 27.7 Å². The molecule has 0 bridgehead atoms. The highest BCUT2D eigenvalue weighted by Crippen LogP contribution is 2.15. The number of amides is 1. The normalized spacial score (nSPS) is 12.0. The summed E-state index contributed by atoms with van der Waals surface area (Å²) in [4.78, 5) is 38.8. The lowest BCUT2D eigenvalue weighted by molar-refractivity contribution is 0.0573. The molecule has 0 saturated carbocycles. The van der Waals surface area contributed by atoms with E-state index >= 15 is 0 Å². The van der Waals surface area contributed by atoms with Crippen molar-refractivity contribution in [1.29, 1.82) is 0 Å². The van der Waals surface area contributed by atoms with Gasteiger partial charge in [0.25, 0.3) is 11.5 Å². The van der Waals surface area contributed by atoms with Crippen molar-refractivity contribution < 1.29 is 13.9 Å². The molecule has 0 aliphatic carbocycles. The number of aromatic nitrogens is 4. The number of fused-ring (bicyclic) bond motifs is 1. The van der Waals surface area contributed by atoms with Crippen molar-refractivity contribution in [3.8, 4) is 0 Å². The molecule has 1 amide bonds. The van der Waals surface area contributed by atoms with Gasteiger partial charge in [-0.3, -0.25) is 18.7 Å². The number of halogens is 1. The monoisotopic (exact) mass is 449 g/mol. The first-order valence-corrected chi connectivity index (χ1v) is 9.97. The molecule has 0 aliphatic rings. The van der Waals surface area contributed by atoms with Crippen LogP contribution in [0.25, 0.3) is 10.9 Å². The van der Waals surface area contributed by atoms with Crippen LogP contribution >= 0.6 is 0 Å². The molecule has 2 aromatic carbocycles. The van der Waals surface area contributed by atoms with Gasteiger partial charge in [-0.15, -0.1) is 0 Å². The second kappa shape index (κ2) is 9.13. The van der Waals surface area contributed by atoms with E-state index < -0.39 is 29.2 Å². The summed E-state index contributed by atoms with van der Waals surface area (Å²) in [5, 5.41) is 10.4. The van der Waals surface area contributed by atoms with Crippen LogP contribution in [0.15, 0.2) is 70.5 Å². The van der Waals surface area contributed by atoms with Gasteiger partial charge in [0.05, 0.1) is 29.8 Å². The van der Waals surface area contributed by atoms with Gasteiger partial charge in [0, 0.05) is 25.3 Å². The van der Waals surface area contributed by atoms with E-state index in [9.17, 15) is 18.8 Å².